The molecule has 2 aliphatic heterocycles. The fraction of sp³-hybridized carbons (Fsp3) is 0.368. The maximum atomic E-state index is 12.9. The Morgan fingerprint density at radius 2 is 1.92 bits per heavy atom. The van der Waals surface area contributed by atoms with Crippen LogP contribution in [0.4, 0.5) is 4.39 Å². The predicted molar refractivity (Wildman–Crippen MR) is 95.3 cm³/mol. The van der Waals surface area contributed by atoms with Crippen LogP contribution in [0.15, 0.2) is 52.2 Å². The van der Waals surface area contributed by atoms with E-state index in [1.807, 2.05) is 15.5 Å². The molecule has 2 aromatic rings. The largest absolute Gasteiger partial charge is 0.341 e. The average molecular weight is 358 g/mol. The van der Waals surface area contributed by atoms with Gasteiger partial charge in [0, 0.05) is 42.2 Å². The predicted octanol–water partition coefficient (Wildman–Crippen LogP) is 2.73. The molecule has 3 heterocycles. The molecule has 0 N–H and O–H groups in total. The number of thioether (sulfide) groups is 1. The van der Waals surface area contributed by atoms with Crippen LogP contribution < -0.4 is 5.56 Å². The van der Waals surface area contributed by atoms with Crippen molar-refractivity contribution in [3.05, 3.63) is 64.3 Å². The fourth-order valence-corrected chi connectivity index (χ4v) is 4.67. The van der Waals surface area contributed by atoms with Crippen LogP contribution in [0.2, 0.25) is 0 Å². The Kier molecular flexibility index (Phi) is 4.37. The van der Waals surface area contributed by atoms with Crippen molar-refractivity contribution in [1.29, 1.82) is 0 Å². The summed E-state index contributed by atoms with van der Waals surface area (Å²) in [6.07, 6.45) is 1.04. The van der Waals surface area contributed by atoms with Gasteiger partial charge in [-0.15, -0.1) is 11.8 Å². The molecule has 1 fully saturated rings. The second-order valence-electron chi connectivity index (χ2n) is 6.74. The van der Waals surface area contributed by atoms with Crippen LogP contribution in [0.1, 0.15) is 18.0 Å². The van der Waals surface area contributed by atoms with E-state index < -0.39 is 0 Å². The quantitative estimate of drug-likeness (QED) is 0.793. The molecule has 2 atom stereocenters. The molecule has 1 saturated heterocycles. The Labute approximate surface area is 149 Å². The summed E-state index contributed by atoms with van der Waals surface area (Å²) in [6, 6.07) is 11.6. The van der Waals surface area contributed by atoms with Crippen LogP contribution in [-0.4, -0.2) is 34.2 Å². The van der Waals surface area contributed by atoms with E-state index in [9.17, 15) is 14.0 Å². The number of likely N-dealkylation sites (tertiary alicyclic amines) is 1. The zero-order valence-corrected chi connectivity index (χ0v) is 14.5. The number of halogens is 1. The van der Waals surface area contributed by atoms with Gasteiger partial charge in [0.15, 0.2) is 0 Å². The zero-order chi connectivity index (χ0) is 17.4. The molecule has 2 bridgehead atoms. The lowest BCUT2D eigenvalue weighted by Gasteiger charge is -2.42. The van der Waals surface area contributed by atoms with E-state index in [4.69, 9.17) is 0 Å². The third-order valence-electron chi connectivity index (χ3n) is 5.01. The second-order valence-corrected chi connectivity index (χ2v) is 7.79. The number of pyridine rings is 1. The van der Waals surface area contributed by atoms with Crippen LogP contribution in [0.5, 0.6) is 0 Å². The SMILES string of the molecule is O=C(CSc1ccc(F)cc1)N1C[C@@H]2C[C@H](C1)c1cccc(=O)n1C2. The van der Waals surface area contributed by atoms with E-state index in [0.29, 0.717) is 31.3 Å². The molecule has 0 unspecified atom stereocenters. The number of amides is 1. The minimum Gasteiger partial charge on any atom is -0.341 e. The van der Waals surface area contributed by atoms with Crippen molar-refractivity contribution < 1.29 is 9.18 Å². The number of fused-ring (bicyclic) bond motifs is 4. The Hall–Kier alpha value is -2.08. The summed E-state index contributed by atoms with van der Waals surface area (Å²) in [5.41, 5.74) is 1.10. The van der Waals surface area contributed by atoms with Crippen LogP contribution in [0, 0.1) is 11.7 Å². The van der Waals surface area contributed by atoms with Gasteiger partial charge >= 0.3 is 0 Å². The van der Waals surface area contributed by atoms with Gasteiger partial charge < -0.3 is 9.47 Å². The standard InChI is InChI=1S/C19H19FN2O2S/c20-15-4-6-16(7-5-15)25-12-19(24)21-9-13-8-14(11-21)17-2-1-3-18(23)22(17)10-13/h1-7,13-14H,8-12H2/t13-,14+/m0/s1. The molecular formula is C19H19FN2O2S. The van der Waals surface area contributed by atoms with E-state index in [1.54, 1.807) is 24.3 Å². The average Bonchev–Trinajstić information content (AvgIpc) is 2.62. The third kappa shape index (κ3) is 3.35. The molecule has 1 aromatic heterocycles. The third-order valence-corrected chi connectivity index (χ3v) is 6.01. The van der Waals surface area contributed by atoms with Crippen molar-refractivity contribution in [2.45, 2.75) is 23.8 Å². The molecule has 4 nitrogen and oxygen atoms in total. The number of carbonyl (C=O) groups excluding carboxylic acids is 1. The number of rotatable bonds is 3. The first kappa shape index (κ1) is 16.4. The second kappa shape index (κ2) is 6.67. The van der Waals surface area contributed by atoms with E-state index in [2.05, 4.69) is 0 Å². The van der Waals surface area contributed by atoms with E-state index in [1.165, 1.54) is 23.9 Å². The summed E-state index contributed by atoms with van der Waals surface area (Å²) >= 11 is 1.43. The molecule has 0 aliphatic carbocycles. The van der Waals surface area contributed by atoms with E-state index >= 15 is 0 Å². The lowest BCUT2D eigenvalue weighted by atomic mass is 9.83. The highest BCUT2D eigenvalue weighted by Gasteiger charge is 2.35. The van der Waals surface area contributed by atoms with Gasteiger partial charge in [-0.3, -0.25) is 9.59 Å². The Bertz CT molecular complexity index is 849. The van der Waals surface area contributed by atoms with Crippen molar-refractivity contribution >= 4 is 17.7 Å². The van der Waals surface area contributed by atoms with Crippen molar-refractivity contribution in [2.75, 3.05) is 18.8 Å². The van der Waals surface area contributed by atoms with Gasteiger partial charge in [-0.25, -0.2) is 4.39 Å². The summed E-state index contributed by atoms with van der Waals surface area (Å²) in [5, 5.41) is 0. The van der Waals surface area contributed by atoms with E-state index in [-0.39, 0.29) is 23.2 Å². The normalized spacial score (nSPS) is 21.7. The highest BCUT2D eigenvalue weighted by Crippen LogP contribution is 2.35. The molecule has 130 valence electrons. The summed E-state index contributed by atoms with van der Waals surface area (Å²) in [6.45, 7) is 2.07. The van der Waals surface area contributed by atoms with Crippen molar-refractivity contribution in [1.82, 2.24) is 9.47 Å². The van der Waals surface area contributed by atoms with Gasteiger partial charge in [0.1, 0.15) is 5.82 Å². The van der Waals surface area contributed by atoms with E-state index in [0.717, 1.165) is 17.0 Å². The minimum atomic E-state index is -0.270. The molecule has 6 heteroatoms. The number of piperidine rings is 1. The molecule has 0 saturated carbocycles. The topological polar surface area (TPSA) is 42.3 Å². The molecular weight excluding hydrogens is 339 g/mol. The Balaban J connectivity index is 1.44. The first-order chi connectivity index (χ1) is 12.1. The van der Waals surface area contributed by atoms with Crippen molar-refractivity contribution in [3.8, 4) is 0 Å². The number of benzene rings is 1. The zero-order valence-electron chi connectivity index (χ0n) is 13.7. The summed E-state index contributed by atoms with van der Waals surface area (Å²) in [4.78, 5) is 27.5. The number of hydrogen-bond donors (Lipinski definition) is 0. The monoisotopic (exact) mass is 358 g/mol. The lowest BCUT2D eigenvalue weighted by molar-refractivity contribution is -0.131. The van der Waals surface area contributed by atoms with Crippen LogP contribution in [0.25, 0.3) is 0 Å². The van der Waals surface area contributed by atoms with Crippen LogP contribution >= 0.6 is 11.8 Å². The fourth-order valence-electron chi connectivity index (χ4n) is 3.87. The molecule has 1 amide bonds. The Morgan fingerprint density at radius 3 is 2.72 bits per heavy atom. The molecule has 2 aliphatic rings. The van der Waals surface area contributed by atoms with Gasteiger partial charge in [-0.2, -0.15) is 0 Å². The number of hydrogen-bond acceptors (Lipinski definition) is 3. The van der Waals surface area contributed by atoms with Crippen molar-refractivity contribution in [2.24, 2.45) is 5.92 Å². The molecule has 4 rings (SSSR count). The Morgan fingerprint density at radius 1 is 1.12 bits per heavy atom. The van der Waals surface area contributed by atoms with Gasteiger partial charge in [-0.1, -0.05) is 6.07 Å². The number of carbonyl (C=O) groups is 1. The van der Waals surface area contributed by atoms with Gasteiger partial charge in [0.05, 0.1) is 5.75 Å². The van der Waals surface area contributed by atoms with Crippen molar-refractivity contribution in [3.63, 3.8) is 0 Å². The maximum absolute atomic E-state index is 12.9. The highest BCUT2D eigenvalue weighted by atomic mass is 32.2. The van der Waals surface area contributed by atoms with Gasteiger partial charge in [0.25, 0.3) is 5.56 Å². The smallest absolute Gasteiger partial charge is 0.250 e. The minimum absolute atomic E-state index is 0.0545. The number of aromatic nitrogens is 1. The molecule has 1 aromatic carbocycles. The van der Waals surface area contributed by atoms with Gasteiger partial charge in [-0.05, 0) is 42.7 Å². The molecule has 0 spiro atoms. The van der Waals surface area contributed by atoms with Crippen LogP contribution in [-0.2, 0) is 11.3 Å². The molecule has 0 radical (unpaired) electrons. The summed E-state index contributed by atoms with van der Waals surface area (Å²) < 4.78 is 14.8. The van der Waals surface area contributed by atoms with Gasteiger partial charge in [0.2, 0.25) is 5.91 Å². The van der Waals surface area contributed by atoms with Crippen LogP contribution in [0.3, 0.4) is 0 Å². The molecule has 25 heavy (non-hydrogen) atoms. The first-order valence-electron chi connectivity index (χ1n) is 8.46. The number of nitrogens with zero attached hydrogens (tertiary/aromatic N) is 2. The summed E-state index contributed by atoms with van der Waals surface area (Å²) in [7, 11) is 0. The lowest BCUT2D eigenvalue weighted by Crippen LogP contribution is -2.49. The summed E-state index contributed by atoms with van der Waals surface area (Å²) in [5.74, 6) is 0.767. The maximum Gasteiger partial charge on any atom is 0.250 e. The highest BCUT2D eigenvalue weighted by molar-refractivity contribution is 8.00. The first-order valence-corrected chi connectivity index (χ1v) is 9.44.